The molecule has 0 aromatic carbocycles. The standard InChI is InChI=1S/C15H28N2O/c1-3-17(12-13-8-4-7-11-16-13)14(18)15(2)9-5-6-10-15/h13,16H,3-12H2,1-2H3. The van der Waals surface area contributed by atoms with E-state index in [0.29, 0.717) is 11.9 Å². The minimum Gasteiger partial charge on any atom is -0.341 e. The molecule has 1 aliphatic carbocycles. The predicted octanol–water partition coefficient (Wildman–Crippen LogP) is 2.56. The molecule has 0 aromatic rings. The average molecular weight is 252 g/mol. The SMILES string of the molecule is CCN(CC1CCCCN1)C(=O)C1(C)CCCC1. The topological polar surface area (TPSA) is 32.3 Å². The summed E-state index contributed by atoms with van der Waals surface area (Å²) in [6.45, 7) is 7.16. The van der Waals surface area contributed by atoms with E-state index in [0.717, 1.165) is 32.5 Å². The number of hydrogen-bond donors (Lipinski definition) is 1. The van der Waals surface area contributed by atoms with E-state index < -0.39 is 0 Å². The quantitative estimate of drug-likeness (QED) is 0.834. The lowest BCUT2D eigenvalue weighted by molar-refractivity contribution is -0.141. The molecular formula is C15H28N2O. The summed E-state index contributed by atoms with van der Waals surface area (Å²) < 4.78 is 0. The third-order valence-electron chi connectivity index (χ3n) is 4.75. The van der Waals surface area contributed by atoms with Gasteiger partial charge in [0.05, 0.1) is 0 Å². The van der Waals surface area contributed by atoms with Gasteiger partial charge in [-0.3, -0.25) is 4.79 Å². The van der Waals surface area contributed by atoms with E-state index in [4.69, 9.17) is 0 Å². The zero-order valence-corrected chi connectivity index (χ0v) is 12.0. The number of carbonyl (C=O) groups excluding carboxylic acids is 1. The van der Waals surface area contributed by atoms with Crippen molar-refractivity contribution in [3.8, 4) is 0 Å². The first-order valence-corrected chi connectivity index (χ1v) is 7.68. The highest BCUT2D eigenvalue weighted by Gasteiger charge is 2.39. The summed E-state index contributed by atoms with van der Waals surface area (Å²) in [5, 5.41) is 3.55. The van der Waals surface area contributed by atoms with Crippen LogP contribution in [0.1, 0.15) is 58.8 Å². The summed E-state index contributed by atoms with van der Waals surface area (Å²) in [7, 11) is 0. The number of carbonyl (C=O) groups is 1. The van der Waals surface area contributed by atoms with E-state index in [1.165, 1.54) is 32.1 Å². The highest BCUT2D eigenvalue weighted by molar-refractivity contribution is 5.82. The number of amides is 1. The van der Waals surface area contributed by atoms with Crippen LogP contribution in [0.4, 0.5) is 0 Å². The molecule has 1 saturated carbocycles. The Morgan fingerprint density at radius 2 is 2.00 bits per heavy atom. The number of rotatable bonds is 4. The molecule has 0 radical (unpaired) electrons. The van der Waals surface area contributed by atoms with Crippen molar-refractivity contribution in [2.75, 3.05) is 19.6 Å². The Kier molecular flexibility index (Phi) is 4.66. The average Bonchev–Trinajstić information content (AvgIpc) is 2.84. The number of nitrogens with one attached hydrogen (secondary N) is 1. The lowest BCUT2D eigenvalue weighted by Crippen LogP contribution is -2.49. The molecule has 3 nitrogen and oxygen atoms in total. The van der Waals surface area contributed by atoms with Crippen LogP contribution in [0, 0.1) is 5.41 Å². The van der Waals surface area contributed by atoms with Crippen molar-refractivity contribution in [2.24, 2.45) is 5.41 Å². The predicted molar refractivity (Wildman–Crippen MR) is 74.5 cm³/mol. The maximum absolute atomic E-state index is 12.7. The lowest BCUT2D eigenvalue weighted by Gasteiger charge is -2.35. The van der Waals surface area contributed by atoms with Gasteiger partial charge in [0.25, 0.3) is 0 Å². The Hall–Kier alpha value is -0.570. The molecule has 1 amide bonds. The van der Waals surface area contributed by atoms with Gasteiger partial charge in [0.2, 0.25) is 5.91 Å². The summed E-state index contributed by atoms with van der Waals surface area (Å²) in [6, 6.07) is 0.521. The fraction of sp³-hybridized carbons (Fsp3) is 0.933. The largest absolute Gasteiger partial charge is 0.341 e. The molecule has 0 aromatic heterocycles. The summed E-state index contributed by atoms with van der Waals surface area (Å²) in [5.41, 5.74) is -0.0648. The molecule has 2 fully saturated rings. The first-order valence-electron chi connectivity index (χ1n) is 7.68. The molecule has 104 valence electrons. The van der Waals surface area contributed by atoms with Crippen LogP contribution in [0.15, 0.2) is 0 Å². The number of hydrogen-bond acceptors (Lipinski definition) is 2. The van der Waals surface area contributed by atoms with Crippen molar-refractivity contribution < 1.29 is 4.79 Å². The Morgan fingerprint density at radius 1 is 1.28 bits per heavy atom. The molecule has 0 spiro atoms. The second kappa shape index (κ2) is 6.05. The van der Waals surface area contributed by atoms with E-state index in [-0.39, 0.29) is 5.41 Å². The van der Waals surface area contributed by atoms with Gasteiger partial charge < -0.3 is 10.2 Å². The summed E-state index contributed by atoms with van der Waals surface area (Å²) in [5.74, 6) is 0.398. The molecule has 2 aliphatic rings. The van der Waals surface area contributed by atoms with E-state index in [1.54, 1.807) is 0 Å². The molecule has 1 aliphatic heterocycles. The normalized spacial score (nSPS) is 27.1. The fourth-order valence-electron chi connectivity index (χ4n) is 3.45. The smallest absolute Gasteiger partial charge is 0.228 e. The Labute approximate surface area is 111 Å². The number of likely N-dealkylation sites (N-methyl/N-ethyl adjacent to an activating group) is 1. The van der Waals surface area contributed by atoms with Crippen LogP contribution >= 0.6 is 0 Å². The van der Waals surface area contributed by atoms with Crippen LogP contribution in [-0.2, 0) is 4.79 Å². The maximum atomic E-state index is 12.7. The third-order valence-corrected chi connectivity index (χ3v) is 4.75. The number of piperidine rings is 1. The molecule has 0 bridgehead atoms. The minimum absolute atomic E-state index is 0.0648. The molecule has 2 rings (SSSR count). The van der Waals surface area contributed by atoms with Crippen molar-refractivity contribution >= 4 is 5.91 Å². The second-order valence-electron chi connectivity index (χ2n) is 6.26. The number of nitrogens with zero attached hydrogens (tertiary/aromatic N) is 1. The highest BCUT2D eigenvalue weighted by atomic mass is 16.2. The fourth-order valence-corrected chi connectivity index (χ4v) is 3.45. The Morgan fingerprint density at radius 3 is 2.56 bits per heavy atom. The van der Waals surface area contributed by atoms with E-state index in [9.17, 15) is 4.79 Å². The van der Waals surface area contributed by atoms with Crippen molar-refractivity contribution in [3.05, 3.63) is 0 Å². The van der Waals surface area contributed by atoms with E-state index >= 15 is 0 Å². The second-order valence-corrected chi connectivity index (χ2v) is 6.26. The molecule has 1 atom stereocenters. The molecule has 3 heteroatoms. The van der Waals surface area contributed by atoms with E-state index in [1.807, 2.05) is 0 Å². The Bertz CT molecular complexity index is 278. The monoisotopic (exact) mass is 252 g/mol. The van der Waals surface area contributed by atoms with Gasteiger partial charge in [-0.25, -0.2) is 0 Å². The summed E-state index contributed by atoms with van der Waals surface area (Å²) in [6.07, 6.45) is 8.43. The molecule has 1 saturated heterocycles. The highest BCUT2D eigenvalue weighted by Crippen LogP contribution is 2.39. The summed E-state index contributed by atoms with van der Waals surface area (Å²) in [4.78, 5) is 14.8. The van der Waals surface area contributed by atoms with Gasteiger partial charge in [-0.2, -0.15) is 0 Å². The summed E-state index contributed by atoms with van der Waals surface area (Å²) >= 11 is 0. The van der Waals surface area contributed by atoms with Gasteiger partial charge in [0, 0.05) is 24.5 Å². The zero-order chi connectivity index (χ0) is 13.0. The maximum Gasteiger partial charge on any atom is 0.228 e. The van der Waals surface area contributed by atoms with Crippen LogP contribution in [0.25, 0.3) is 0 Å². The van der Waals surface area contributed by atoms with Gasteiger partial charge in [0.15, 0.2) is 0 Å². The van der Waals surface area contributed by atoms with Gasteiger partial charge in [-0.15, -0.1) is 0 Å². The van der Waals surface area contributed by atoms with Crippen LogP contribution in [0.2, 0.25) is 0 Å². The van der Waals surface area contributed by atoms with Gasteiger partial charge >= 0.3 is 0 Å². The third kappa shape index (κ3) is 3.05. The van der Waals surface area contributed by atoms with Crippen LogP contribution in [-0.4, -0.2) is 36.5 Å². The first-order chi connectivity index (χ1) is 8.65. The van der Waals surface area contributed by atoms with Gasteiger partial charge in [-0.1, -0.05) is 26.2 Å². The van der Waals surface area contributed by atoms with Crippen molar-refractivity contribution in [3.63, 3.8) is 0 Å². The van der Waals surface area contributed by atoms with Crippen molar-refractivity contribution in [1.29, 1.82) is 0 Å². The lowest BCUT2D eigenvalue weighted by atomic mass is 9.87. The van der Waals surface area contributed by atoms with Crippen molar-refractivity contribution in [2.45, 2.75) is 64.8 Å². The van der Waals surface area contributed by atoms with E-state index in [2.05, 4.69) is 24.1 Å². The van der Waals surface area contributed by atoms with Crippen LogP contribution < -0.4 is 5.32 Å². The van der Waals surface area contributed by atoms with Gasteiger partial charge in [0.1, 0.15) is 0 Å². The molecule has 1 N–H and O–H groups in total. The molecule has 1 unspecified atom stereocenters. The van der Waals surface area contributed by atoms with Gasteiger partial charge in [-0.05, 0) is 39.2 Å². The zero-order valence-electron chi connectivity index (χ0n) is 12.0. The first kappa shape index (κ1) is 13.9. The minimum atomic E-state index is -0.0648. The Balaban J connectivity index is 1.92. The molecule has 1 heterocycles. The van der Waals surface area contributed by atoms with Crippen LogP contribution in [0.3, 0.4) is 0 Å². The van der Waals surface area contributed by atoms with Crippen LogP contribution in [0.5, 0.6) is 0 Å². The molecular weight excluding hydrogens is 224 g/mol. The van der Waals surface area contributed by atoms with Crippen molar-refractivity contribution in [1.82, 2.24) is 10.2 Å². The molecule has 18 heavy (non-hydrogen) atoms.